The molecule has 1 rings (SSSR count). The van der Waals surface area contributed by atoms with Gasteiger partial charge in [0.25, 0.3) is 0 Å². The normalized spacial score (nSPS) is 8.35. The van der Waals surface area contributed by atoms with Gasteiger partial charge in [-0.3, -0.25) is 5.32 Å². The number of carbonyl (C=O) groups is 1. The zero-order chi connectivity index (χ0) is 11.8. The minimum Gasteiger partial charge on any atom is -0.436 e. The SMILES string of the molecule is O=C(Nc1cccc(Cl)c1)OCC#CCCl.[Hg]. The molecule has 0 heterocycles. The van der Waals surface area contributed by atoms with Crippen molar-refractivity contribution in [1.82, 2.24) is 0 Å². The molecule has 86 valence electrons. The van der Waals surface area contributed by atoms with Gasteiger partial charge in [0.05, 0.1) is 5.88 Å². The standard InChI is InChI=1S/C11H9Cl2NO2.Hg/c12-6-1-2-7-16-11(15)14-10-5-3-4-9(13)8-10;/h3-5,8H,6-7H2,(H,14,15);. The first-order valence-corrected chi connectivity index (χ1v) is 5.34. The van der Waals surface area contributed by atoms with Crippen LogP contribution >= 0.6 is 23.2 Å². The van der Waals surface area contributed by atoms with Crippen molar-refractivity contribution in [3.05, 3.63) is 29.3 Å². The molecular weight excluding hydrogens is 450 g/mol. The Labute approximate surface area is 130 Å². The Bertz CT molecular complexity index is 429. The number of amides is 1. The van der Waals surface area contributed by atoms with Gasteiger partial charge in [0.1, 0.15) is 0 Å². The second kappa shape index (κ2) is 9.58. The molecule has 0 atom stereocenters. The summed E-state index contributed by atoms with van der Waals surface area (Å²) >= 11 is 11.1. The van der Waals surface area contributed by atoms with Gasteiger partial charge in [0, 0.05) is 38.4 Å². The fourth-order valence-corrected chi connectivity index (χ4v) is 1.20. The molecule has 1 aromatic carbocycles. The van der Waals surface area contributed by atoms with Crippen LogP contribution < -0.4 is 5.32 Å². The van der Waals surface area contributed by atoms with Gasteiger partial charge in [-0.05, 0) is 18.2 Å². The van der Waals surface area contributed by atoms with Crippen LogP contribution in [0, 0.1) is 11.8 Å². The molecule has 0 saturated carbocycles. The van der Waals surface area contributed by atoms with Gasteiger partial charge in [-0.1, -0.05) is 29.5 Å². The number of rotatable bonds is 2. The quantitative estimate of drug-likeness (QED) is 0.420. The number of alkyl halides is 1. The maximum atomic E-state index is 11.2. The first kappa shape index (κ1) is 16.6. The maximum Gasteiger partial charge on any atom is 0.412 e. The van der Waals surface area contributed by atoms with Crippen LogP contribution in [-0.2, 0) is 32.4 Å². The zero-order valence-corrected chi connectivity index (χ0v) is 16.0. The molecule has 3 nitrogen and oxygen atoms in total. The molecule has 1 N–H and O–H groups in total. The summed E-state index contributed by atoms with van der Waals surface area (Å²) in [5.41, 5.74) is 0.572. The van der Waals surface area contributed by atoms with Crippen molar-refractivity contribution in [2.24, 2.45) is 0 Å². The van der Waals surface area contributed by atoms with E-state index >= 15 is 0 Å². The van der Waals surface area contributed by atoms with Crippen LogP contribution in [0.25, 0.3) is 0 Å². The Morgan fingerprint density at radius 1 is 1.41 bits per heavy atom. The van der Waals surface area contributed by atoms with E-state index in [1.54, 1.807) is 24.3 Å². The molecule has 0 fully saturated rings. The Morgan fingerprint density at radius 2 is 2.18 bits per heavy atom. The third-order valence-corrected chi connectivity index (χ3v) is 1.91. The first-order valence-electron chi connectivity index (χ1n) is 4.43. The third-order valence-electron chi connectivity index (χ3n) is 1.54. The van der Waals surface area contributed by atoms with Crippen LogP contribution in [0.2, 0.25) is 5.02 Å². The van der Waals surface area contributed by atoms with E-state index < -0.39 is 6.09 Å². The van der Waals surface area contributed by atoms with Crippen LogP contribution in [0.15, 0.2) is 24.3 Å². The molecule has 1 aromatic rings. The molecular formula is C11H9Cl2HgNO2. The first-order chi connectivity index (χ1) is 7.72. The molecule has 0 saturated heterocycles. The maximum absolute atomic E-state index is 11.2. The Balaban J connectivity index is 0.00000256. The molecule has 0 aliphatic heterocycles. The summed E-state index contributed by atoms with van der Waals surface area (Å²) in [6.45, 7) is 0.0130. The number of anilines is 1. The third kappa shape index (κ3) is 7.48. The monoisotopic (exact) mass is 459 g/mol. The van der Waals surface area contributed by atoms with Crippen molar-refractivity contribution < 1.29 is 37.2 Å². The smallest absolute Gasteiger partial charge is 0.412 e. The van der Waals surface area contributed by atoms with E-state index in [0.717, 1.165) is 0 Å². The summed E-state index contributed by atoms with van der Waals surface area (Å²) in [6, 6.07) is 6.76. The average molecular weight is 459 g/mol. The molecule has 6 heteroatoms. The Morgan fingerprint density at radius 3 is 2.82 bits per heavy atom. The van der Waals surface area contributed by atoms with Crippen molar-refractivity contribution >= 4 is 35.0 Å². The van der Waals surface area contributed by atoms with Crippen LogP contribution in [-0.4, -0.2) is 18.6 Å². The van der Waals surface area contributed by atoms with Crippen molar-refractivity contribution in [1.29, 1.82) is 0 Å². The number of nitrogens with one attached hydrogen (secondary N) is 1. The number of hydrogen-bond donors (Lipinski definition) is 1. The fraction of sp³-hybridized carbons (Fsp3) is 0.182. The molecule has 17 heavy (non-hydrogen) atoms. The van der Waals surface area contributed by atoms with E-state index in [9.17, 15) is 4.79 Å². The molecule has 0 aliphatic rings. The molecule has 0 radical (unpaired) electrons. The van der Waals surface area contributed by atoms with Crippen molar-refractivity contribution in [2.75, 3.05) is 17.8 Å². The van der Waals surface area contributed by atoms with Crippen LogP contribution in [0.3, 0.4) is 0 Å². The van der Waals surface area contributed by atoms with Gasteiger partial charge in [-0.2, -0.15) is 0 Å². The van der Waals surface area contributed by atoms with E-state index in [4.69, 9.17) is 27.9 Å². The second-order valence-corrected chi connectivity index (χ2v) is 3.40. The summed E-state index contributed by atoms with van der Waals surface area (Å²) in [6.07, 6.45) is -0.578. The second-order valence-electron chi connectivity index (χ2n) is 2.70. The van der Waals surface area contributed by atoms with Crippen LogP contribution in [0.5, 0.6) is 0 Å². The molecule has 0 bridgehead atoms. The largest absolute Gasteiger partial charge is 0.436 e. The summed E-state index contributed by atoms with van der Waals surface area (Å²) in [4.78, 5) is 11.2. The van der Waals surface area contributed by atoms with Gasteiger partial charge in [-0.25, -0.2) is 4.79 Å². The number of ether oxygens (including phenoxy) is 1. The molecule has 0 aromatic heterocycles. The Kier molecular flexibility index (Phi) is 9.34. The van der Waals surface area contributed by atoms with E-state index in [1.165, 1.54) is 0 Å². The van der Waals surface area contributed by atoms with E-state index in [1.807, 2.05) is 0 Å². The Hall–Kier alpha value is -0.435. The van der Waals surface area contributed by atoms with Gasteiger partial charge in [0.2, 0.25) is 0 Å². The number of halogens is 2. The summed E-state index contributed by atoms with van der Waals surface area (Å²) in [5, 5.41) is 3.05. The topological polar surface area (TPSA) is 38.3 Å². The average Bonchev–Trinajstić information content (AvgIpc) is 2.24. The van der Waals surface area contributed by atoms with Crippen molar-refractivity contribution in [3.63, 3.8) is 0 Å². The molecule has 0 unspecified atom stereocenters. The molecule has 0 aliphatic carbocycles. The van der Waals surface area contributed by atoms with Gasteiger partial charge in [0.15, 0.2) is 6.61 Å². The van der Waals surface area contributed by atoms with Gasteiger partial charge >= 0.3 is 6.09 Å². The predicted octanol–water partition coefficient (Wildman–Crippen LogP) is 3.13. The van der Waals surface area contributed by atoms with E-state index in [0.29, 0.717) is 10.7 Å². The zero-order valence-electron chi connectivity index (χ0n) is 9.00. The van der Waals surface area contributed by atoms with Crippen molar-refractivity contribution in [3.8, 4) is 11.8 Å². The van der Waals surface area contributed by atoms with Crippen LogP contribution in [0.4, 0.5) is 10.5 Å². The van der Waals surface area contributed by atoms with Gasteiger partial charge < -0.3 is 4.74 Å². The van der Waals surface area contributed by atoms with Crippen molar-refractivity contribution in [2.45, 2.75) is 0 Å². The summed E-state index contributed by atoms with van der Waals surface area (Å²) in [5.74, 6) is 5.36. The molecule has 1 amide bonds. The minimum absolute atomic E-state index is 0. The minimum atomic E-state index is -0.578. The van der Waals surface area contributed by atoms with E-state index in [-0.39, 0.29) is 40.2 Å². The summed E-state index contributed by atoms with van der Waals surface area (Å²) < 4.78 is 4.76. The predicted molar refractivity (Wildman–Crippen MR) is 64.9 cm³/mol. The number of carbonyl (C=O) groups excluding carboxylic acids is 1. The van der Waals surface area contributed by atoms with Crippen LogP contribution in [0.1, 0.15) is 0 Å². The number of hydrogen-bond acceptors (Lipinski definition) is 2. The van der Waals surface area contributed by atoms with Gasteiger partial charge in [-0.15, -0.1) is 11.6 Å². The fourth-order valence-electron chi connectivity index (χ4n) is 0.920. The number of benzene rings is 1. The van der Waals surface area contributed by atoms with E-state index in [2.05, 4.69) is 17.2 Å². The molecule has 0 spiro atoms. The summed E-state index contributed by atoms with van der Waals surface area (Å²) in [7, 11) is 0.